The van der Waals surface area contributed by atoms with Crippen molar-refractivity contribution >= 4 is 34.8 Å². The van der Waals surface area contributed by atoms with Crippen LogP contribution in [0.3, 0.4) is 0 Å². The van der Waals surface area contributed by atoms with Gasteiger partial charge in [0.05, 0.1) is 5.71 Å². The van der Waals surface area contributed by atoms with Crippen LogP contribution in [0.5, 0.6) is 0 Å². The summed E-state index contributed by atoms with van der Waals surface area (Å²) in [5.74, 6) is -0.294. The number of carbonyl (C=O) groups excluding carboxylic acids is 1. The van der Waals surface area contributed by atoms with E-state index >= 15 is 0 Å². The van der Waals surface area contributed by atoms with Crippen molar-refractivity contribution in [3.8, 4) is 0 Å². The van der Waals surface area contributed by atoms with Crippen LogP contribution in [0.15, 0.2) is 53.6 Å². The van der Waals surface area contributed by atoms with Crippen LogP contribution < -0.4 is 5.43 Å². The van der Waals surface area contributed by atoms with E-state index in [1.54, 1.807) is 36.4 Å². The monoisotopic (exact) mass is 320 g/mol. The van der Waals surface area contributed by atoms with E-state index in [4.69, 9.17) is 23.2 Å². The van der Waals surface area contributed by atoms with Gasteiger partial charge < -0.3 is 0 Å². The number of nitrogens with zero attached hydrogens (tertiary/aromatic N) is 1. The Balaban J connectivity index is 2.14. The topological polar surface area (TPSA) is 41.5 Å². The first-order valence-electron chi connectivity index (χ1n) is 6.48. The van der Waals surface area contributed by atoms with E-state index < -0.39 is 0 Å². The van der Waals surface area contributed by atoms with E-state index in [1.807, 2.05) is 19.1 Å². The fraction of sp³-hybridized carbons (Fsp3) is 0.125. The highest BCUT2D eigenvalue weighted by Gasteiger charge is 2.06. The molecule has 0 heterocycles. The summed E-state index contributed by atoms with van der Waals surface area (Å²) in [5, 5.41) is 5.36. The average Bonchev–Trinajstić information content (AvgIpc) is 2.49. The minimum absolute atomic E-state index is 0.294. The van der Waals surface area contributed by atoms with Crippen molar-refractivity contribution in [1.82, 2.24) is 5.43 Å². The first-order chi connectivity index (χ1) is 10.1. The molecule has 2 aromatic rings. The number of rotatable bonds is 4. The molecule has 0 aliphatic heterocycles. The molecule has 0 unspecified atom stereocenters. The Morgan fingerprint density at radius 3 is 2.38 bits per heavy atom. The molecule has 0 saturated heterocycles. The lowest BCUT2D eigenvalue weighted by atomic mass is 10.1. The van der Waals surface area contributed by atoms with Crippen molar-refractivity contribution < 1.29 is 4.79 Å². The SMILES string of the molecule is CC/C(=N\NC(=O)c1cccc(Cl)c1)c1ccc(Cl)cc1. The molecule has 3 nitrogen and oxygen atoms in total. The van der Waals surface area contributed by atoms with Crippen molar-refractivity contribution in [2.24, 2.45) is 5.10 Å². The van der Waals surface area contributed by atoms with Crippen molar-refractivity contribution in [2.75, 3.05) is 0 Å². The Kier molecular flexibility index (Phi) is 5.37. The molecular weight excluding hydrogens is 307 g/mol. The highest BCUT2D eigenvalue weighted by molar-refractivity contribution is 6.31. The highest BCUT2D eigenvalue weighted by atomic mass is 35.5. The number of carbonyl (C=O) groups is 1. The van der Waals surface area contributed by atoms with E-state index in [-0.39, 0.29) is 5.91 Å². The molecule has 5 heteroatoms. The van der Waals surface area contributed by atoms with Gasteiger partial charge in [0.15, 0.2) is 0 Å². The quantitative estimate of drug-likeness (QED) is 0.652. The maximum atomic E-state index is 12.0. The number of hydrazone groups is 1. The Hall–Kier alpha value is -1.84. The Morgan fingerprint density at radius 1 is 1.05 bits per heavy atom. The van der Waals surface area contributed by atoms with Gasteiger partial charge in [-0.05, 0) is 42.3 Å². The molecule has 2 aromatic carbocycles. The maximum Gasteiger partial charge on any atom is 0.271 e. The average molecular weight is 321 g/mol. The van der Waals surface area contributed by atoms with Crippen LogP contribution in [0, 0.1) is 0 Å². The van der Waals surface area contributed by atoms with Gasteiger partial charge in [-0.15, -0.1) is 0 Å². The fourth-order valence-corrected chi connectivity index (χ4v) is 2.12. The van der Waals surface area contributed by atoms with E-state index in [1.165, 1.54) is 0 Å². The zero-order valence-corrected chi connectivity index (χ0v) is 12.9. The first kappa shape index (κ1) is 15.5. The molecule has 0 saturated carbocycles. The zero-order chi connectivity index (χ0) is 15.2. The molecule has 2 rings (SSSR count). The van der Waals surface area contributed by atoms with Gasteiger partial charge in [-0.25, -0.2) is 5.43 Å². The zero-order valence-electron chi connectivity index (χ0n) is 11.4. The second kappa shape index (κ2) is 7.25. The van der Waals surface area contributed by atoms with Crippen LogP contribution in [0.1, 0.15) is 29.3 Å². The summed E-state index contributed by atoms with van der Waals surface area (Å²) >= 11 is 11.7. The normalized spacial score (nSPS) is 11.3. The number of hydrogen-bond acceptors (Lipinski definition) is 2. The van der Waals surface area contributed by atoms with Gasteiger partial charge in [-0.3, -0.25) is 4.79 Å². The van der Waals surface area contributed by atoms with Gasteiger partial charge in [0.2, 0.25) is 0 Å². The van der Waals surface area contributed by atoms with Crippen LogP contribution in [-0.4, -0.2) is 11.6 Å². The molecule has 0 spiro atoms. The third kappa shape index (κ3) is 4.31. The maximum absolute atomic E-state index is 12.0. The predicted molar refractivity (Wildman–Crippen MR) is 87.2 cm³/mol. The summed E-state index contributed by atoms with van der Waals surface area (Å²) in [4.78, 5) is 12.0. The van der Waals surface area contributed by atoms with Crippen molar-refractivity contribution in [2.45, 2.75) is 13.3 Å². The smallest absolute Gasteiger partial charge is 0.267 e. The van der Waals surface area contributed by atoms with Gasteiger partial charge >= 0.3 is 0 Å². The molecule has 1 N–H and O–H groups in total. The number of benzene rings is 2. The number of nitrogens with one attached hydrogen (secondary N) is 1. The molecule has 0 bridgehead atoms. The number of amides is 1. The van der Waals surface area contributed by atoms with Crippen molar-refractivity contribution in [3.05, 3.63) is 69.7 Å². The van der Waals surface area contributed by atoms with Crippen LogP contribution >= 0.6 is 23.2 Å². The van der Waals surface area contributed by atoms with E-state index in [0.29, 0.717) is 22.0 Å². The lowest BCUT2D eigenvalue weighted by Crippen LogP contribution is -2.19. The second-order valence-electron chi connectivity index (χ2n) is 4.37. The highest BCUT2D eigenvalue weighted by Crippen LogP contribution is 2.12. The van der Waals surface area contributed by atoms with Gasteiger partial charge in [0, 0.05) is 15.6 Å². The van der Waals surface area contributed by atoms with Crippen LogP contribution in [-0.2, 0) is 0 Å². The second-order valence-corrected chi connectivity index (χ2v) is 5.24. The van der Waals surface area contributed by atoms with Gasteiger partial charge in [0.1, 0.15) is 0 Å². The molecule has 0 aromatic heterocycles. The lowest BCUT2D eigenvalue weighted by molar-refractivity contribution is 0.0955. The molecule has 0 aliphatic rings. The van der Waals surface area contributed by atoms with Crippen LogP contribution in [0.25, 0.3) is 0 Å². The van der Waals surface area contributed by atoms with Gasteiger partial charge in [0.25, 0.3) is 5.91 Å². The number of halogens is 2. The van der Waals surface area contributed by atoms with E-state index in [2.05, 4.69) is 10.5 Å². The molecule has 21 heavy (non-hydrogen) atoms. The molecule has 0 radical (unpaired) electrons. The summed E-state index contributed by atoms with van der Waals surface area (Å²) in [6, 6.07) is 14.0. The summed E-state index contributed by atoms with van der Waals surface area (Å²) in [6.45, 7) is 1.97. The Bertz CT molecular complexity index is 666. The van der Waals surface area contributed by atoms with Crippen molar-refractivity contribution in [3.63, 3.8) is 0 Å². The van der Waals surface area contributed by atoms with E-state index in [0.717, 1.165) is 11.3 Å². The predicted octanol–water partition coefficient (Wildman–Crippen LogP) is 4.54. The standard InChI is InChI=1S/C16H14Cl2N2O/c1-2-15(11-6-8-13(17)9-7-11)19-20-16(21)12-4-3-5-14(18)10-12/h3-10H,2H2,1H3,(H,20,21)/b19-15+. The van der Waals surface area contributed by atoms with E-state index in [9.17, 15) is 4.79 Å². The fourth-order valence-electron chi connectivity index (χ4n) is 1.80. The number of hydrogen-bond donors (Lipinski definition) is 1. The van der Waals surface area contributed by atoms with Gasteiger partial charge in [-0.2, -0.15) is 5.10 Å². The third-order valence-corrected chi connectivity index (χ3v) is 3.38. The molecule has 1 amide bonds. The summed E-state index contributed by atoms with van der Waals surface area (Å²) in [5.41, 5.74) is 4.72. The molecule has 108 valence electrons. The molecule has 0 aliphatic carbocycles. The molecule has 0 fully saturated rings. The largest absolute Gasteiger partial charge is 0.271 e. The van der Waals surface area contributed by atoms with Crippen molar-refractivity contribution in [1.29, 1.82) is 0 Å². The molecule has 0 atom stereocenters. The van der Waals surface area contributed by atoms with Crippen LogP contribution in [0.2, 0.25) is 10.0 Å². The summed E-state index contributed by atoms with van der Waals surface area (Å²) < 4.78 is 0. The molecular formula is C16H14Cl2N2O. The van der Waals surface area contributed by atoms with Gasteiger partial charge in [-0.1, -0.05) is 48.3 Å². The minimum Gasteiger partial charge on any atom is -0.267 e. The lowest BCUT2D eigenvalue weighted by Gasteiger charge is -2.06. The summed E-state index contributed by atoms with van der Waals surface area (Å²) in [6.07, 6.45) is 0.692. The first-order valence-corrected chi connectivity index (χ1v) is 7.24. The minimum atomic E-state index is -0.294. The summed E-state index contributed by atoms with van der Waals surface area (Å²) in [7, 11) is 0. The third-order valence-electron chi connectivity index (χ3n) is 2.89. The Labute approximate surface area is 133 Å². The van der Waals surface area contributed by atoms with Crippen LogP contribution in [0.4, 0.5) is 0 Å². The Morgan fingerprint density at radius 2 is 1.76 bits per heavy atom.